The summed E-state index contributed by atoms with van der Waals surface area (Å²) in [5.74, 6) is 0.947. The van der Waals surface area contributed by atoms with E-state index >= 15 is 0 Å². The minimum absolute atomic E-state index is 0.00547. The van der Waals surface area contributed by atoms with E-state index in [0.29, 0.717) is 25.3 Å². The lowest BCUT2D eigenvalue weighted by Gasteiger charge is -2.30. The maximum atomic E-state index is 13.4. The first-order valence-electron chi connectivity index (χ1n) is 12.2. The molecule has 2 aromatic rings. The van der Waals surface area contributed by atoms with Crippen molar-refractivity contribution in [1.29, 1.82) is 0 Å². The average molecular weight is 548 g/mol. The number of benzene rings is 2. The fourth-order valence-electron chi connectivity index (χ4n) is 3.66. The molecule has 2 rings (SSSR count). The maximum absolute atomic E-state index is 13.4. The number of halogens is 1. The number of nitrogens with zero attached hydrogens (tertiary/aromatic N) is 1. The van der Waals surface area contributed by atoms with Crippen LogP contribution in [-0.2, 0) is 21.5 Å². The minimum atomic E-state index is -0.586. The number of hydrogen-bond acceptors (Lipinski definition) is 4. The van der Waals surface area contributed by atoms with Crippen LogP contribution in [-0.4, -0.2) is 43.0 Å². The molecular formula is C28H39BrN2O4. The second-order valence-electron chi connectivity index (χ2n) is 9.62. The Balaban J connectivity index is 2.21. The molecule has 192 valence electrons. The quantitative estimate of drug-likeness (QED) is 0.338. The standard InChI is InChI=1S/C28H39BrN2O4/c1-7-9-16-30-27(33)24(8-2)31(18-20-10-13-22(34-6)14-11-20)26(32)19-35-25-15-12-21(17-23(25)29)28(3,4)5/h10-15,17,24H,7-9,16,18-19H2,1-6H3,(H,30,33). The molecule has 1 N–H and O–H groups in total. The molecule has 0 saturated carbocycles. The van der Waals surface area contributed by atoms with Crippen LogP contribution >= 0.6 is 15.9 Å². The van der Waals surface area contributed by atoms with E-state index in [1.165, 1.54) is 5.56 Å². The largest absolute Gasteiger partial charge is 0.497 e. The number of rotatable bonds is 12. The van der Waals surface area contributed by atoms with Gasteiger partial charge in [0.1, 0.15) is 17.5 Å². The molecular weight excluding hydrogens is 508 g/mol. The highest BCUT2D eigenvalue weighted by atomic mass is 79.9. The van der Waals surface area contributed by atoms with Gasteiger partial charge in [0.15, 0.2) is 6.61 Å². The number of unbranched alkanes of at least 4 members (excludes halogenated alkanes) is 1. The summed E-state index contributed by atoms with van der Waals surface area (Å²) >= 11 is 3.57. The lowest BCUT2D eigenvalue weighted by Crippen LogP contribution is -2.50. The van der Waals surface area contributed by atoms with Crippen molar-refractivity contribution in [3.8, 4) is 11.5 Å². The highest BCUT2D eigenvalue weighted by Gasteiger charge is 2.29. The highest BCUT2D eigenvalue weighted by molar-refractivity contribution is 9.10. The van der Waals surface area contributed by atoms with Crippen LogP contribution in [0.4, 0.5) is 0 Å². The molecule has 35 heavy (non-hydrogen) atoms. The molecule has 0 bridgehead atoms. The van der Waals surface area contributed by atoms with Gasteiger partial charge in [-0.3, -0.25) is 9.59 Å². The molecule has 0 aliphatic heterocycles. The molecule has 0 aliphatic rings. The Hall–Kier alpha value is -2.54. The van der Waals surface area contributed by atoms with Crippen LogP contribution in [0.5, 0.6) is 11.5 Å². The molecule has 0 saturated heterocycles. The Kier molecular flexibility index (Phi) is 11.1. The summed E-state index contributed by atoms with van der Waals surface area (Å²) in [6.45, 7) is 11.2. The molecule has 7 heteroatoms. The van der Waals surface area contributed by atoms with Crippen molar-refractivity contribution in [2.24, 2.45) is 0 Å². The van der Waals surface area contributed by atoms with Crippen LogP contribution in [0.15, 0.2) is 46.9 Å². The molecule has 0 spiro atoms. The first-order valence-corrected chi connectivity index (χ1v) is 13.0. The zero-order valence-corrected chi connectivity index (χ0v) is 23.4. The topological polar surface area (TPSA) is 67.9 Å². The summed E-state index contributed by atoms with van der Waals surface area (Å²) in [4.78, 5) is 28.0. The number of methoxy groups -OCH3 is 1. The van der Waals surface area contributed by atoms with Crippen molar-refractivity contribution in [2.75, 3.05) is 20.3 Å². The zero-order valence-electron chi connectivity index (χ0n) is 21.8. The summed E-state index contributed by atoms with van der Waals surface area (Å²) in [6, 6.07) is 12.8. The molecule has 0 fully saturated rings. The molecule has 2 amide bonds. The number of carbonyl (C=O) groups excluding carboxylic acids is 2. The van der Waals surface area contributed by atoms with Crippen molar-refractivity contribution < 1.29 is 19.1 Å². The summed E-state index contributed by atoms with van der Waals surface area (Å²) in [5.41, 5.74) is 2.08. The van der Waals surface area contributed by atoms with Crippen LogP contribution in [0.25, 0.3) is 0 Å². The predicted octanol–water partition coefficient (Wildman–Crippen LogP) is 5.86. The van der Waals surface area contributed by atoms with Crippen molar-refractivity contribution in [3.63, 3.8) is 0 Å². The lowest BCUT2D eigenvalue weighted by molar-refractivity contribution is -0.143. The molecule has 1 atom stereocenters. The van der Waals surface area contributed by atoms with Gasteiger partial charge in [-0.15, -0.1) is 0 Å². The third-order valence-electron chi connectivity index (χ3n) is 5.88. The summed E-state index contributed by atoms with van der Waals surface area (Å²) in [7, 11) is 1.61. The van der Waals surface area contributed by atoms with Crippen LogP contribution in [0.2, 0.25) is 0 Å². The summed E-state index contributed by atoms with van der Waals surface area (Å²) < 4.78 is 11.9. The Morgan fingerprint density at radius 1 is 1.09 bits per heavy atom. The first-order chi connectivity index (χ1) is 16.6. The molecule has 0 radical (unpaired) electrons. The SMILES string of the molecule is CCCCNC(=O)C(CC)N(Cc1ccc(OC)cc1)C(=O)COc1ccc(C(C)(C)C)cc1Br. The third-order valence-corrected chi connectivity index (χ3v) is 6.50. The molecule has 0 heterocycles. The number of nitrogens with one attached hydrogen (secondary N) is 1. The molecule has 0 aromatic heterocycles. The van der Waals surface area contributed by atoms with Crippen molar-refractivity contribution in [2.45, 2.75) is 71.9 Å². The number of hydrogen-bond donors (Lipinski definition) is 1. The Labute approximate surface area is 218 Å². The van der Waals surface area contributed by atoms with Gasteiger partial charge in [-0.05, 0) is 69.6 Å². The van der Waals surface area contributed by atoms with E-state index in [1.807, 2.05) is 49.4 Å². The van der Waals surface area contributed by atoms with Crippen molar-refractivity contribution in [3.05, 3.63) is 58.1 Å². The van der Waals surface area contributed by atoms with Crippen molar-refractivity contribution >= 4 is 27.7 Å². The van der Waals surface area contributed by atoms with Gasteiger partial charge in [-0.1, -0.05) is 59.2 Å². The van der Waals surface area contributed by atoms with Gasteiger partial charge in [0.25, 0.3) is 5.91 Å². The highest BCUT2D eigenvalue weighted by Crippen LogP contribution is 2.31. The van der Waals surface area contributed by atoms with Crippen molar-refractivity contribution in [1.82, 2.24) is 10.2 Å². The normalized spacial score (nSPS) is 12.1. The molecule has 1 unspecified atom stereocenters. The smallest absolute Gasteiger partial charge is 0.261 e. The Bertz CT molecular complexity index is 970. The van der Waals surface area contributed by atoms with Gasteiger partial charge in [-0.25, -0.2) is 0 Å². The zero-order chi connectivity index (χ0) is 26.0. The van der Waals surface area contributed by atoms with E-state index in [1.54, 1.807) is 12.0 Å². The molecule has 2 aromatic carbocycles. The number of carbonyl (C=O) groups is 2. The van der Waals surface area contributed by atoms with Crippen LogP contribution in [0, 0.1) is 0 Å². The van der Waals surface area contributed by atoms with E-state index < -0.39 is 6.04 Å². The van der Waals surface area contributed by atoms with Gasteiger partial charge < -0.3 is 19.7 Å². The second kappa shape index (κ2) is 13.5. The minimum Gasteiger partial charge on any atom is -0.497 e. The van der Waals surface area contributed by atoms with E-state index in [2.05, 4.69) is 48.9 Å². The summed E-state index contributed by atoms with van der Waals surface area (Å²) in [5, 5.41) is 2.98. The second-order valence-corrected chi connectivity index (χ2v) is 10.5. The Morgan fingerprint density at radius 3 is 2.31 bits per heavy atom. The van der Waals surface area contributed by atoms with Gasteiger partial charge in [0.05, 0.1) is 11.6 Å². The van der Waals surface area contributed by atoms with Crippen LogP contribution in [0.3, 0.4) is 0 Å². The van der Waals surface area contributed by atoms with Crippen LogP contribution in [0.1, 0.15) is 65.0 Å². The fraction of sp³-hybridized carbons (Fsp3) is 0.500. The molecule has 6 nitrogen and oxygen atoms in total. The summed E-state index contributed by atoms with van der Waals surface area (Å²) in [6.07, 6.45) is 2.39. The van der Waals surface area contributed by atoms with E-state index in [0.717, 1.165) is 28.6 Å². The van der Waals surface area contributed by atoms with E-state index in [9.17, 15) is 9.59 Å². The van der Waals surface area contributed by atoms with Gasteiger partial charge in [0, 0.05) is 13.1 Å². The number of amides is 2. The Morgan fingerprint density at radius 2 is 1.77 bits per heavy atom. The van der Waals surface area contributed by atoms with Gasteiger partial charge >= 0.3 is 0 Å². The molecule has 0 aliphatic carbocycles. The first kappa shape index (κ1) is 28.7. The monoisotopic (exact) mass is 546 g/mol. The number of ether oxygens (including phenoxy) is 2. The van der Waals surface area contributed by atoms with Crippen LogP contribution < -0.4 is 14.8 Å². The average Bonchev–Trinajstić information content (AvgIpc) is 2.82. The lowest BCUT2D eigenvalue weighted by atomic mass is 9.87. The fourth-order valence-corrected chi connectivity index (χ4v) is 4.15. The third kappa shape index (κ3) is 8.57. The van der Waals surface area contributed by atoms with E-state index in [-0.39, 0.29) is 23.8 Å². The van der Waals surface area contributed by atoms with Gasteiger partial charge in [-0.2, -0.15) is 0 Å². The van der Waals surface area contributed by atoms with E-state index in [4.69, 9.17) is 9.47 Å². The predicted molar refractivity (Wildman–Crippen MR) is 144 cm³/mol. The maximum Gasteiger partial charge on any atom is 0.261 e. The van der Waals surface area contributed by atoms with Gasteiger partial charge in [0.2, 0.25) is 5.91 Å².